The zero-order valence-electron chi connectivity index (χ0n) is 10.1. The second kappa shape index (κ2) is 7.76. The maximum Gasteiger partial charge on any atom is 0.252 e. The molecule has 0 saturated heterocycles. The predicted octanol–water partition coefficient (Wildman–Crippen LogP) is 3.27. The molecule has 0 unspecified atom stereocenters. The molecule has 0 radical (unpaired) electrons. The summed E-state index contributed by atoms with van der Waals surface area (Å²) < 4.78 is 6.17. The number of carbonyl (C=O) groups excluding carboxylic acids is 1. The van der Waals surface area contributed by atoms with E-state index in [0.29, 0.717) is 30.3 Å². The van der Waals surface area contributed by atoms with Gasteiger partial charge in [0.15, 0.2) is 0 Å². The fourth-order valence-corrected chi connectivity index (χ4v) is 2.00. The van der Waals surface area contributed by atoms with Crippen molar-refractivity contribution in [1.82, 2.24) is 5.32 Å². The van der Waals surface area contributed by atoms with Gasteiger partial charge in [0.2, 0.25) is 0 Å². The quantitative estimate of drug-likeness (QED) is 0.468. The lowest BCUT2D eigenvalue weighted by Crippen LogP contribution is -2.28. The van der Waals surface area contributed by atoms with Crippen LogP contribution in [0.5, 0.6) is 0 Å². The highest BCUT2D eigenvalue weighted by atomic mass is 127. The first kappa shape index (κ1) is 15.5. The first-order valence-electron chi connectivity index (χ1n) is 5.46. The van der Waals surface area contributed by atoms with Crippen molar-refractivity contribution in [3.8, 4) is 0 Å². The third-order valence-electron chi connectivity index (χ3n) is 2.05. The number of nitrogens with one attached hydrogen (secondary N) is 1. The van der Waals surface area contributed by atoms with E-state index in [9.17, 15) is 4.79 Å². The average molecular weight is 380 g/mol. The molecule has 1 aromatic rings. The molecule has 1 amide bonds. The summed E-state index contributed by atoms with van der Waals surface area (Å²) in [5.74, 6) is -0.138. The monoisotopic (exact) mass is 379 g/mol. The third kappa shape index (κ3) is 5.37. The van der Waals surface area contributed by atoms with Crippen molar-refractivity contribution in [2.45, 2.75) is 6.92 Å². The second-order valence-electron chi connectivity index (χ2n) is 3.89. The standard InChI is InChI=1S/C13H15ClINO2/c1-9(2)8-18-6-5-16-13(17)11-7-10(14)3-4-12(11)15/h3-4,7H,1,5-6,8H2,2H3,(H,16,17). The zero-order chi connectivity index (χ0) is 13.5. The Morgan fingerprint density at radius 1 is 1.56 bits per heavy atom. The van der Waals surface area contributed by atoms with E-state index < -0.39 is 0 Å². The van der Waals surface area contributed by atoms with Crippen LogP contribution < -0.4 is 5.32 Å². The minimum Gasteiger partial charge on any atom is -0.375 e. The maximum atomic E-state index is 11.9. The van der Waals surface area contributed by atoms with Gasteiger partial charge < -0.3 is 10.1 Å². The lowest BCUT2D eigenvalue weighted by atomic mass is 10.2. The van der Waals surface area contributed by atoms with E-state index in [1.165, 1.54) is 0 Å². The summed E-state index contributed by atoms with van der Waals surface area (Å²) in [5, 5.41) is 3.34. The summed E-state index contributed by atoms with van der Waals surface area (Å²) in [7, 11) is 0. The van der Waals surface area contributed by atoms with Crippen LogP contribution in [0.1, 0.15) is 17.3 Å². The lowest BCUT2D eigenvalue weighted by Gasteiger charge is -2.08. The Kier molecular flexibility index (Phi) is 6.67. The van der Waals surface area contributed by atoms with Gasteiger partial charge >= 0.3 is 0 Å². The van der Waals surface area contributed by atoms with E-state index in [4.69, 9.17) is 16.3 Å². The van der Waals surface area contributed by atoms with Gasteiger partial charge in [0.05, 0.1) is 18.8 Å². The molecule has 98 valence electrons. The molecule has 1 aromatic carbocycles. The van der Waals surface area contributed by atoms with Crippen LogP contribution in [0.2, 0.25) is 5.02 Å². The van der Waals surface area contributed by atoms with Crippen molar-refractivity contribution >= 4 is 40.1 Å². The molecule has 0 aliphatic carbocycles. The van der Waals surface area contributed by atoms with Crippen LogP contribution in [0, 0.1) is 3.57 Å². The Morgan fingerprint density at radius 2 is 2.28 bits per heavy atom. The first-order valence-corrected chi connectivity index (χ1v) is 6.91. The van der Waals surface area contributed by atoms with Gasteiger partial charge in [0.1, 0.15) is 0 Å². The lowest BCUT2D eigenvalue weighted by molar-refractivity contribution is 0.0926. The van der Waals surface area contributed by atoms with Crippen molar-refractivity contribution in [2.75, 3.05) is 19.8 Å². The molecule has 1 rings (SSSR count). The normalized spacial score (nSPS) is 10.2. The summed E-state index contributed by atoms with van der Waals surface area (Å²) in [6.07, 6.45) is 0. The molecule has 0 aromatic heterocycles. The van der Waals surface area contributed by atoms with Crippen molar-refractivity contribution in [3.05, 3.63) is 44.5 Å². The first-order chi connectivity index (χ1) is 8.50. The molecule has 0 spiro atoms. The average Bonchev–Trinajstić information content (AvgIpc) is 2.31. The van der Waals surface area contributed by atoms with Gasteiger partial charge in [-0.25, -0.2) is 0 Å². The van der Waals surface area contributed by atoms with Gasteiger partial charge in [0.25, 0.3) is 5.91 Å². The van der Waals surface area contributed by atoms with Crippen LogP contribution in [0.15, 0.2) is 30.4 Å². The van der Waals surface area contributed by atoms with Gasteiger partial charge in [-0.1, -0.05) is 23.8 Å². The Morgan fingerprint density at radius 3 is 2.94 bits per heavy atom. The van der Waals surface area contributed by atoms with Crippen molar-refractivity contribution in [2.24, 2.45) is 0 Å². The highest BCUT2D eigenvalue weighted by Crippen LogP contribution is 2.17. The van der Waals surface area contributed by atoms with Gasteiger partial charge in [0, 0.05) is 15.1 Å². The van der Waals surface area contributed by atoms with Crippen molar-refractivity contribution in [3.63, 3.8) is 0 Å². The molecule has 1 N–H and O–H groups in total. The molecular formula is C13H15ClINO2. The van der Waals surface area contributed by atoms with Crippen LogP contribution in [-0.4, -0.2) is 25.7 Å². The van der Waals surface area contributed by atoms with Crippen LogP contribution in [0.4, 0.5) is 0 Å². The second-order valence-corrected chi connectivity index (χ2v) is 5.49. The SMILES string of the molecule is C=C(C)COCCNC(=O)c1cc(Cl)ccc1I. The summed E-state index contributed by atoms with van der Waals surface area (Å²) in [4.78, 5) is 11.9. The fourth-order valence-electron chi connectivity index (χ4n) is 1.25. The Bertz CT molecular complexity index is 449. The third-order valence-corrected chi connectivity index (χ3v) is 3.23. The maximum absolute atomic E-state index is 11.9. The molecule has 5 heteroatoms. The number of carbonyl (C=O) groups is 1. The van der Waals surface area contributed by atoms with Crippen LogP contribution in [-0.2, 0) is 4.74 Å². The number of amides is 1. The Hall–Kier alpha value is -0.590. The molecule has 18 heavy (non-hydrogen) atoms. The number of halogens is 2. The topological polar surface area (TPSA) is 38.3 Å². The van der Waals surface area contributed by atoms with Gasteiger partial charge in [-0.05, 0) is 47.7 Å². The van der Waals surface area contributed by atoms with Crippen molar-refractivity contribution < 1.29 is 9.53 Å². The van der Waals surface area contributed by atoms with E-state index >= 15 is 0 Å². The van der Waals surface area contributed by atoms with E-state index in [0.717, 1.165) is 9.14 Å². The van der Waals surface area contributed by atoms with Gasteiger partial charge in [-0.2, -0.15) is 0 Å². The molecule has 0 bridgehead atoms. The highest BCUT2D eigenvalue weighted by molar-refractivity contribution is 14.1. The summed E-state index contributed by atoms with van der Waals surface area (Å²) in [6.45, 7) is 7.08. The fraction of sp³-hybridized carbons (Fsp3) is 0.308. The van der Waals surface area contributed by atoms with E-state index in [2.05, 4.69) is 34.5 Å². The smallest absolute Gasteiger partial charge is 0.252 e. The van der Waals surface area contributed by atoms with Gasteiger partial charge in [-0.15, -0.1) is 0 Å². The minimum atomic E-state index is -0.138. The van der Waals surface area contributed by atoms with Crippen LogP contribution >= 0.6 is 34.2 Å². The summed E-state index contributed by atoms with van der Waals surface area (Å²) >= 11 is 7.97. The number of hydrogen-bond acceptors (Lipinski definition) is 2. The van der Waals surface area contributed by atoms with E-state index in [1.54, 1.807) is 12.1 Å². The molecule has 0 aliphatic rings. The molecular weight excluding hydrogens is 365 g/mol. The van der Waals surface area contributed by atoms with Crippen LogP contribution in [0.3, 0.4) is 0 Å². The zero-order valence-corrected chi connectivity index (χ0v) is 13.0. The summed E-state index contributed by atoms with van der Waals surface area (Å²) in [5.41, 5.74) is 1.55. The van der Waals surface area contributed by atoms with Crippen LogP contribution in [0.25, 0.3) is 0 Å². The largest absolute Gasteiger partial charge is 0.375 e. The highest BCUT2D eigenvalue weighted by Gasteiger charge is 2.09. The Labute approximate surface area is 126 Å². The summed E-state index contributed by atoms with van der Waals surface area (Å²) in [6, 6.07) is 5.23. The van der Waals surface area contributed by atoms with Gasteiger partial charge in [-0.3, -0.25) is 4.79 Å². The molecule has 3 nitrogen and oxygen atoms in total. The number of benzene rings is 1. The predicted molar refractivity (Wildman–Crippen MR) is 82.1 cm³/mol. The number of ether oxygens (including phenoxy) is 1. The minimum absolute atomic E-state index is 0.138. The van der Waals surface area contributed by atoms with Crippen molar-refractivity contribution in [1.29, 1.82) is 0 Å². The molecule has 0 atom stereocenters. The van der Waals surface area contributed by atoms with E-state index in [1.807, 2.05) is 13.0 Å². The molecule has 0 fully saturated rings. The Balaban J connectivity index is 2.41. The number of rotatable bonds is 6. The van der Waals surface area contributed by atoms with E-state index in [-0.39, 0.29) is 5.91 Å². The molecule has 0 saturated carbocycles. The number of hydrogen-bond donors (Lipinski definition) is 1. The molecule has 0 aliphatic heterocycles. The molecule has 0 heterocycles.